The van der Waals surface area contributed by atoms with Gasteiger partial charge in [-0.25, -0.2) is 4.39 Å². The van der Waals surface area contributed by atoms with Crippen LogP contribution in [0.1, 0.15) is 15.9 Å². The van der Waals surface area contributed by atoms with E-state index in [4.69, 9.17) is 16.3 Å². The third kappa shape index (κ3) is 4.57. The summed E-state index contributed by atoms with van der Waals surface area (Å²) in [5.74, 6) is 0.243. The quantitative estimate of drug-likeness (QED) is 0.576. The lowest BCUT2D eigenvalue weighted by atomic mass is 10.1. The summed E-state index contributed by atoms with van der Waals surface area (Å²) in [6, 6.07) is 21.2. The van der Waals surface area contributed by atoms with Crippen molar-refractivity contribution in [2.24, 2.45) is 0 Å². The van der Waals surface area contributed by atoms with Crippen molar-refractivity contribution in [3.05, 3.63) is 94.8 Å². The van der Waals surface area contributed by atoms with Gasteiger partial charge in [0.25, 0.3) is 5.91 Å². The average molecular weight is 425 g/mol. The maximum atomic E-state index is 13.1. The number of anilines is 1. The molecule has 1 heterocycles. The van der Waals surface area contributed by atoms with Crippen molar-refractivity contribution in [1.82, 2.24) is 4.90 Å². The number of carbonyl (C=O) groups excluding carboxylic acids is 1. The molecule has 0 N–H and O–H groups in total. The first-order valence-electron chi connectivity index (χ1n) is 9.87. The topological polar surface area (TPSA) is 32.8 Å². The van der Waals surface area contributed by atoms with Crippen LogP contribution in [0.2, 0.25) is 5.02 Å². The van der Waals surface area contributed by atoms with E-state index >= 15 is 0 Å². The number of hydrogen-bond acceptors (Lipinski definition) is 3. The third-order valence-electron chi connectivity index (χ3n) is 5.22. The van der Waals surface area contributed by atoms with E-state index in [9.17, 15) is 9.18 Å². The van der Waals surface area contributed by atoms with E-state index in [-0.39, 0.29) is 11.7 Å². The second-order valence-electron chi connectivity index (χ2n) is 7.13. The van der Waals surface area contributed by atoms with Crippen molar-refractivity contribution in [3.63, 3.8) is 0 Å². The number of nitrogens with zero attached hydrogens (tertiary/aromatic N) is 2. The van der Waals surface area contributed by atoms with Crippen molar-refractivity contribution >= 4 is 23.2 Å². The van der Waals surface area contributed by atoms with E-state index in [0.29, 0.717) is 49.1 Å². The van der Waals surface area contributed by atoms with Crippen molar-refractivity contribution in [3.8, 4) is 5.75 Å². The molecule has 154 valence electrons. The Bertz CT molecular complexity index is 1020. The summed E-state index contributed by atoms with van der Waals surface area (Å²) in [5, 5.41) is 0.637. The summed E-state index contributed by atoms with van der Waals surface area (Å²) in [6.07, 6.45) is 0. The van der Waals surface area contributed by atoms with Gasteiger partial charge in [0.05, 0.1) is 5.56 Å². The molecule has 1 aliphatic rings. The van der Waals surface area contributed by atoms with E-state index in [1.54, 1.807) is 24.3 Å². The number of hydrogen-bond donors (Lipinski definition) is 0. The zero-order valence-corrected chi connectivity index (χ0v) is 17.2. The van der Waals surface area contributed by atoms with Crippen LogP contribution in [0, 0.1) is 5.82 Å². The molecule has 4 nitrogen and oxygen atoms in total. The Kier molecular flexibility index (Phi) is 6.19. The maximum Gasteiger partial charge on any atom is 0.257 e. The molecular weight excluding hydrogens is 403 g/mol. The average Bonchev–Trinajstić information content (AvgIpc) is 2.79. The molecule has 0 aliphatic carbocycles. The summed E-state index contributed by atoms with van der Waals surface area (Å²) in [6.45, 7) is 2.87. The fraction of sp³-hybridized carbons (Fsp3) is 0.208. The van der Waals surface area contributed by atoms with Crippen LogP contribution in [0.15, 0.2) is 72.8 Å². The van der Waals surface area contributed by atoms with Crippen molar-refractivity contribution < 1.29 is 13.9 Å². The third-order valence-corrected chi connectivity index (χ3v) is 5.59. The zero-order valence-electron chi connectivity index (χ0n) is 16.4. The monoisotopic (exact) mass is 424 g/mol. The second-order valence-corrected chi connectivity index (χ2v) is 7.54. The molecule has 0 aromatic heterocycles. The van der Waals surface area contributed by atoms with Gasteiger partial charge in [0, 0.05) is 42.5 Å². The van der Waals surface area contributed by atoms with Crippen LogP contribution in [0.3, 0.4) is 0 Å². The van der Waals surface area contributed by atoms with Gasteiger partial charge in [0.15, 0.2) is 0 Å². The van der Waals surface area contributed by atoms with Crippen LogP contribution in [0.4, 0.5) is 10.1 Å². The molecule has 1 aliphatic heterocycles. The maximum absolute atomic E-state index is 13.1. The normalized spacial score (nSPS) is 13.9. The first kappa shape index (κ1) is 20.2. The van der Waals surface area contributed by atoms with Gasteiger partial charge in [-0.3, -0.25) is 4.79 Å². The van der Waals surface area contributed by atoms with Gasteiger partial charge in [-0.15, -0.1) is 0 Å². The molecule has 4 rings (SSSR count). The van der Waals surface area contributed by atoms with Crippen LogP contribution >= 0.6 is 11.6 Å². The lowest BCUT2D eigenvalue weighted by Gasteiger charge is -2.36. The van der Waals surface area contributed by atoms with Crippen LogP contribution in [-0.2, 0) is 6.61 Å². The Morgan fingerprint density at radius 3 is 2.30 bits per heavy atom. The lowest BCUT2D eigenvalue weighted by molar-refractivity contribution is 0.0742. The van der Waals surface area contributed by atoms with Crippen LogP contribution in [0.25, 0.3) is 0 Å². The number of carbonyl (C=O) groups is 1. The highest BCUT2D eigenvalue weighted by Crippen LogP contribution is 2.24. The molecule has 0 atom stereocenters. The van der Waals surface area contributed by atoms with Crippen molar-refractivity contribution in [2.75, 3.05) is 31.1 Å². The Labute approximate surface area is 180 Å². The number of benzene rings is 3. The molecule has 1 saturated heterocycles. The van der Waals surface area contributed by atoms with E-state index < -0.39 is 0 Å². The Morgan fingerprint density at radius 2 is 1.57 bits per heavy atom. The molecular formula is C24H22ClFN2O2. The summed E-state index contributed by atoms with van der Waals surface area (Å²) in [7, 11) is 0. The van der Waals surface area contributed by atoms with E-state index in [1.165, 1.54) is 12.1 Å². The predicted octanol–water partition coefficient (Wildman–Crippen LogP) is 5.02. The fourth-order valence-corrected chi connectivity index (χ4v) is 3.72. The highest BCUT2D eigenvalue weighted by atomic mass is 35.5. The number of halogens is 2. The Morgan fingerprint density at radius 1 is 0.900 bits per heavy atom. The Hall–Kier alpha value is -3.05. The van der Waals surface area contributed by atoms with Gasteiger partial charge < -0.3 is 14.5 Å². The lowest BCUT2D eigenvalue weighted by Crippen LogP contribution is -2.48. The molecule has 30 heavy (non-hydrogen) atoms. The molecule has 0 bridgehead atoms. The highest BCUT2D eigenvalue weighted by Gasteiger charge is 2.24. The van der Waals surface area contributed by atoms with Crippen LogP contribution in [-0.4, -0.2) is 37.0 Å². The molecule has 0 unspecified atom stereocenters. The SMILES string of the molecule is O=C(c1ccccc1OCc1ccccc1Cl)N1CCN(c2ccc(F)cc2)CC1. The first-order valence-corrected chi connectivity index (χ1v) is 10.2. The fourth-order valence-electron chi connectivity index (χ4n) is 3.53. The van der Waals surface area contributed by atoms with Crippen molar-refractivity contribution in [1.29, 1.82) is 0 Å². The van der Waals surface area contributed by atoms with Gasteiger partial charge >= 0.3 is 0 Å². The van der Waals surface area contributed by atoms with Crippen LogP contribution in [0.5, 0.6) is 5.75 Å². The summed E-state index contributed by atoms with van der Waals surface area (Å²) in [5.41, 5.74) is 2.38. The molecule has 1 fully saturated rings. The molecule has 3 aromatic rings. The number of piperazine rings is 1. The number of amides is 1. The van der Waals surface area contributed by atoms with Gasteiger partial charge in [0.1, 0.15) is 18.2 Å². The molecule has 0 saturated carbocycles. The van der Waals surface area contributed by atoms with Crippen LogP contribution < -0.4 is 9.64 Å². The molecule has 6 heteroatoms. The minimum atomic E-state index is -0.249. The number of ether oxygens (including phenoxy) is 1. The minimum absolute atomic E-state index is 0.0523. The Balaban J connectivity index is 1.41. The van der Waals surface area contributed by atoms with Gasteiger partial charge in [-0.05, 0) is 42.5 Å². The van der Waals surface area contributed by atoms with Gasteiger partial charge in [0.2, 0.25) is 0 Å². The standard InChI is InChI=1S/C24H22ClFN2O2/c25-22-7-3-1-5-18(22)17-30-23-8-4-2-6-21(23)24(29)28-15-13-27(14-16-28)20-11-9-19(26)10-12-20/h1-12H,13-17H2. The van der Waals surface area contributed by atoms with Gasteiger partial charge in [-0.1, -0.05) is 41.9 Å². The summed E-state index contributed by atoms with van der Waals surface area (Å²) in [4.78, 5) is 17.1. The highest BCUT2D eigenvalue weighted by molar-refractivity contribution is 6.31. The van der Waals surface area contributed by atoms with E-state index in [1.807, 2.05) is 41.3 Å². The van der Waals surface area contributed by atoms with E-state index in [0.717, 1.165) is 11.3 Å². The van der Waals surface area contributed by atoms with Gasteiger partial charge in [-0.2, -0.15) is 0 Å². The number of para-hydroxylation sites is 1. The smallest absolute Gasteiger partial charge is 0.257 e. The minimum Gasteiger partial charge on any atom is -0.488 e. The largest absolute Gasteiger partial charge is 0.488 e. The van der Waals surface area contributed by atoms with Crippen molar-refractivity contribution in [2.45, 2.75) is 6.61 Å². The summed E-state index contributed by atoms with van der Waals surface area (Å²) >= 11 is 6.21. The molecule has 0 spiro atoms. The van der Waals surface area contributed by atoms with E-state index in [2.05, 4.69) is 4.90 Å². The second kappa shape index (κ2) is 9.18. The predicted molar refractivity (Wildman–Crippen MR) is 117 cm³/mol. The molecule has 0 radical (unpaired) electrons. The molecule has 1 amide bonds. The molecule has 3 aromatic carbocycles. The number of rotatable bonds is 5. The zero-order chi connectivity index (χ0) is 20.9. The summed E-state index contributed by atoms with van der Waals surface area (Å²) < 4.78 is 19.1. The first-order chi connectivity index (χ1) is 14.6.